The molecular formula is C15H14F3NO3. The largest absolute Gasteiger partial charge is 0.447 e. The van der Waals surface area contributed by atoms with E-state index in [0.717, 1.165) is 17.4 Å². The Hall–Kier alpha value is -2.31. The third-order valence-electron chi connectivity index (χ3n) is 3.30. The van der Waals surface area contributed by atoms with Gasteiger partial charge in [0.15, 0.2) is 0 Å². The van der Waals surface area contributed by atoms with Crippen molar-refractivity contribution in [1.82, 2.24) is 4.90 Å². The predicted octanol–water partition coefficient (Wildman–Crippen LogP) is 3.09. The summed E-state index contributed by atoms with van der Waals surface area (Å²) in [7, 11) is 0. The van der Waals surface area contributed by atoms with Gasteiger partial charge >= 0.3 is 12.3 Å². The summed E-state index contributed by atoms with van der Waals surface area (Å²) in [6.07, 6.45) is -4.77. The van der Waals surface area contributed by atoms with Crippen LogP contribution in [0.1, 0.15) is 12.5 Å². The molecule has 118 valence electrons. The number of benzene rings is 1. The summed E-state index contributed by atoms with van der Waals surface area (Å²) >= 11 is 0. The maximum Gasteiger partial charge on any atom is 0.417 e. The van der Waals surface area contributed by atoms with Gasteiger partial charge in [0, 0.05) is 11.6 Å². The summed E-state index contributed by atoms with van der Waals surface area (Å²) < 4.78 is 42.2. The molecule has 0 unspecified atom stereocenters. The highest BCUT2D eigenvalue weighted by Gasteiger charge is 2.38. The molecule has 0 radical (unpaired) electrons. The first kappa shape index (κ1) is 16.1. The van der Waals surface area contributed by atoms with E-state index < -0.39 is 29.8 Å². The fourth-order valence-electron chi connectivity index (χ4n) is 2.10. The fourth-order valence-corrected chi connectivity index (χ4v) is 2.10. The Balaban J connectivity index is 2.16. The molecule has 0 bridgehead atoms. The highest BCUT2D eigenvalue weighted by atomic mass is 19.4. The molecule has 1 heterocycles. The van der Waals surface area contributed by atoms with Crippen molar-refractivity contribution < 1.29 is 27.5 Å². The lowest BCUT2D eigenvalue weighted by atomic mass is 10.1. The van der Waals surface area contributed by atoms with E-state index in [-0.39, 0.29) is 6.61 Å². The number of ether oxygens (including phenoxy) is 1. The van der Waals surface area contributed by atoms with E-state index in [9.17, 15) is 22.8 Å². The van der Waals surface area contributed by atoms with E-state index in [2.05, 4.69) is 0 Å². The quantitative estimate of drug-likeness (QED) is 0.806. The second kappa shape index (κ2) is 6.21. The molecule has 1 saturated heterocycles. The Morgan fingerprint density at radius 2 is 2.00 bits per heavy atom. The molecule has 0 saturated carbocycles. The highest BCUT2D eigenvalue weighted by molar-refractivity contribution is 6.00. The average Bonchev–Trinajstić information content (AvgIpc) is 2.79. The molecule has 2 rings (SSSR count). The van der Waals surface area contributed by atoms with Crippen LogP contribution in [0.4, 0.5) is 18.0 Å². The van der Waals surface area contributed by atoms with Crippen LogP contribution in [0.2, 0.25) is 0 Å². The Morgan fingerprint density at radius 3 is 2.59 bits per heavy atom. The van der Waals surface area contributed by atoms with Gasteiger partial charge in [-0.1, -0.05) is 30.3 Å². The molecule has 4 nitrogen and oxygen atoms in total. The zero-order valence-corrected chi connectivity index (χ0v) is 11.8. The fraction of sp³-hybridized carbons (Fsp3) is 0.333. The number of hydrogen-bond donors (Lipinski definition) is 0. The van der Waals surface area contributed by atoms with Crippen LogP contribution < -0.4 is 0 Å². The van der Waals surface area contributed by atoms with E-state index in [0.29, 0.717) is 12.5 Å². The normalized spacial score (nSPS) is 19.3. The monoisotopic (exact) mass is 313 g/mol. The van der Waals surface area contributed by atoms with Crippen molar-refractivity contribution in [2.45, 2.75) is 25.6 Å². The molecule has 7 heteroatoms. The average molecular weight is 313 g/mol. The molecule has 1 aromatic rings. The number of nitrogens with zero attached hydrogens (tertiary/aromatic N) is 1. The second-order valence-corrected chi connectivity index (χ2v) is 4.95. The molecule has 22 heavy (non-hydrogen) atoms. The third-order valence-corrected chi connectivity index (χ3v) is 3.30. The standard InChI is InChI=1S/C15H14F3NO3/c1-10(15(16,17)18)7-13(20)19-12(9-22-14(19)21)8-11-5-3-2-4-6-11/h2-7,12H,8-9H2,1H3/b10-7+/t12-/m0/s1. The summed E-state index contributed by atoms with van der Waals surface area (Å²) in [5, 5.41) is 0. The maximum atomic E-state index is 12.5. The lowest BCUT2D eigenvalue weighted by molar-refractivity contribution is -0.125. The van der Waals surface area contributed by atoms with Crippen molar-refractivity contribution in [1.29, 1.82) is 0 Å². The van der Waals surface area contributed by atoms with Crippen LogP contribution in [0.25, 0.3) is 0 Å². The summed E-state index contributed by atoms with van der Waals surface area (Å²) in [6.45, 7) is 0.754. The molecule has 1 aliphatic rings. The third kappa shape index (κ3) is 3.66. The van der Waals surface area contributed by atoms with Gasteiger partial charge in [0.05, 0.1) is 6.04 Å². The number of amides is 2. The van der Waals surface area contributed by atoms with Crippen LogP contribution in [0.15, 0.2) is 42.0 Å². The van der Waals surface area contributed by atoms with Gasteiger partial charge in [-0.05, 0) is 18.9 Å². The van der Waals surface area contributed by atoms with Crippen LogP contribution in [-0.4, -0.2) is 35.7 Å². The number of rotatable bonds is 3. The van der Waals surface area contributed by atoms with Crippen molar-refractivity contribution in [3.05, 3.63) is 47.5 Å². The number of carbonyl (C=O) groups is 2. The van der Waals surface area contributed by atoms with Gasteiger partial charge in [-0.2, -0.15) is 13.2 Å². The Kier molecular flexibility index (Phi) is 4.54. The van der Waals surface area contributed by atoms with Crippen molar-refractivity contribution in [2.24, 2.45) is 0 Å². The summed E-state index contributed by atoms with van der Waals surface area (Å²) in [5.74, 6) is -1.02. The zero-order valence-electron chi connectivity index (χ0n) is 11.8. The molecule has 1 atom stereocenters. The number of halogens is 3. The molecule has 0 spiro atoms. The molecule has 0 aliphatic carbocycles. The number of alkyl halides is 3. The van der Waals surface area contributed by atoms with Gasteiger partial charge in [-0.25, -0.2) is 9.69 Å². The number of allylic oxidation sites excluding steroid dienone is 1. The predicted molar refractivity (Wildman–Crippen MR) is 71.9 cm³/mol. The Bertz CT molecular complexity index is 596. The number of imide groups is 1. The van der Waals surface area contributed by atoms with Crippen molar-refractivity contribution >= 4 is 12.0 Å². The van der Waals surface area contributed by atoms with E-state index in [1.54, 1.807) is 12.1 Å². The molecule has 1 fully saturated rings. The minimum Gasteiger partial charge on any atom is -0.447 e. The van der Waals surface area contributed by atoms with Gasteiger partial charge < -0.3 is 4.74 Å². The minimum atomic E-state index is -4.60. The van der Waals surface area contributed by atoms with Gasteiger partial charge in [0.2, 0.25) is 0 Å². The van der Waals surface area contributed by atoms with Crippen LogP contribution in [0.3, 0.4) is 0 Å². The van der Waals surface area contributed by atoms with Crippen molar-refractivity contribution in [3.8, 4) is 0 Å². The summed E-state index contributed by atoms with van der Waals surface area (Å²) in [4.78, 5) is 24.3. The van der Waals surface area contributed by atoms with Crippen LogP contribution >= 0.6 is 0 Å². The first-order valence-electron chi connectivity index (χ1n) is 6.58. The van der Waals surface area contributed by atoms with Crippen molar-refractivity contribution in [2.75, 3.05) is 6.61 Å². The van der Waals surface area contributed by atoms with Gasteiger partial charge in [0.1, 0.15) is 6.61 Å². The van der Waals surface area contributed by atoms with Gasteiger partial charge in [-0.3, -0.25) is 4.79 Å². The lowest BCUT2D eigenvalue weighted by Crippen LogP contribution is -2.39. The molecule has 1 aromatic carbocycles. The van der Waals surface area contributed by atoms with Crippen molar-refractivity contribution in [3.63, 3.8) is 0 Å². The van der Waals surface area contributed by atoms with E-state index in [4.69, 9.17) is 4.74 Å². The van der Waals surface area contributed by atoms with Crippen LogP contribution in [0, 0.1) is 0 Å². The number of carbonyl (C=O) groups excluding carboxylic acids is 2. The van der Waals surface area contributed by atoms with Crippen LogP contribution in [-0.2, 0) is 16.0 Å². The molecule has 0 aromatic heterocycles. The Morgan fingerprint density at radius 1 is 1.36 bits per heavy atom. The van der Waals surface area contributed by atoms with E-state index in [1.807, 2.05) is 18.2 Å². The summed E-state index contributed by atoms with van der Waals surface area (Å²) in [6, 6.07) is 8.42. The molecule has 0 N–H and O–H groups in total. The zero-order chi connectivity index (χ0) is 16.3. The maximum absolute atomic E-state index is 12.5. The first-order chi connectivity index (χ1) is 10.3. The molecule has 1 aliphatic heterocycles. The van der Waals surface area contributed by atoms with Gasteiger partial charge in [-0.15, -0.1) is 0 Å². The first-order valence-corrected chi connectivity index (χ1v) is 6.58. The van der Waals surface area contributed by atoms with Crippen LogP contribution in [0.5, 0.6) is 0 Å². The molecular weight excluding hydrogens is 299 g/mol. The minimum absolute atomic E-state index is 0.0294. The lowest BCUT2D eigenvalue weighted by Gasteiger charge is -2.18. The highest BCUT2D eigenvalue weighted by Crippen LogP contribution is 2.26. The molecule has 2 amide bonds. The Labute approximate surface area is 125 Å². The topological polar surface area (TPSA) is 46.6 Å². The van der Waals surface area contributed by atoms with E-state index in [1.165, 1.54) is 0 Å². The smallest absolute Gasteiger partial charge is 0.417 e. The number of cyclic esters (lactones) is 1. The van der Waals surface area contributed by atoms with Gasteiger partial charge in [0.25, 0.3) is 5.91 Å². The number of hydrogen-bond acceptors (Lipinski definition) is 3. The summed E-state index contributed by atoms with van der Waals surface area (Å²) in [5.41, 5.74) is -0.198. The van der Waals surface area contributed by atoms with E-state index >= 15 is 0 Å². The second-order valence-electron chi connectivity index (χ2n) is 4.95. The SMILES string of the molecule is C/C(=C\C(=O)N1C(=O)OC[C@@H]1Cc1ccccc1)C(F)(F)F.